The van der Waals surface area contributed by atoms with E-state index in [0.29, 0.717) is 24.6 Å². The summed E-state index contributed by atoms with van der Waals surface area (Å²) < 4.78 is 30.3. The Kier molecular flexibility index (Phi) is 5.52. The van der Waals surface area contributed by atoms with Gasteiger partial charge in [-0.3, -0.25) is 9.63 Å². The number of hydroxylamine groups is 1. The first-order valence-corrected chi connectivity index (χ1v) is 8.38. The van der Waals surface area contributed by atoms with E-state index in [-0.39, 0.29) is 10.8 Å². The molecule has 1 heterocycles. The smallest absolute Gasteiger partial charge is 0.264 e. The lowest BCUT2D eigenvalue weighted by atomic mass is 10.1. The van der Waals surface area contributed by atoms with Crippen molar-refractivity contribution in [2.75, 3.05) is 33.9 Å². The Hall–Kier alpha value is -1.48. The van der Waals surface area contributed by atoms with Gasteiger partial charge in [-0.25, -0.2) is 8.42 Å². The summed E-state index contributed by atoms with van der Waals surface area (Å²) in [6.07, 6.45) is 0.924. The van der Waals surface area contributed by atoms with Crippen LogP contribution in [0.3, 0.4) is 0 Å². The van der Waals surface area contributed by atoms with E-state index in [1.165, 1.54) is 32.4 Å². The lowest BCUT2D eigenvalue weighted by molar-refractivity contribution is -0.0258. The number of rotatable bonds is 6. The normalized spacial score (nSPS) is 18.6. The van der Waals surface area contributed by atoms with Crippen molar-refractivity contribution in [3.63, 3.8) is 0 Å². The van der Waals surface area contributed by atoms with Crippen molar-refractivity contribution in [1.29, 1.82) is 0 Å². The highest BCUT2D eigenvalue weighted by atomic mass is 32.2. The van der Waals surface area contributed by atoms with Crippen LogP contribution < -0.4 is 5.32 Å². The summed E-state index contributed by atoms with van der Waals surface area (Å²) in [5.41, 5.74) is 0.296. The number of carbonyl (C=O) groups is 1. The van der Waals surface area contributed by atoms with Crippen LogP contribution in [0.25, 0.3) is 0 Å². The molecule has 122 valence electrons. The third kappa shape index (κ3) is 3.83. The molecule has 0 bridgehead atoms. The lowest BCUT2D eigenvalue weighted by Crippen LogP contribution is -2.30. The maximum Gasteiger partial charge on any atom is 0.264 e. The highest BCUT2D eigenvalue weighted by Crippen LogP contribution is 2.16. The standard InChI is InChI=1S/C14H20N2O5S/c1-16(20-2)22(18,19)13-5-3-4-12(8-13)14(17)15-9-11-6-7-21-10-11/h3-5,8,11H,6-7,9-10H2,1-2H3,(H,15,17). The molecule has 0 aliphatic carbocycles. The van der Waals surface area contributed by atoms with Crippen molar-refractivity contribution >= 4 is 15.9 Å². The van der Waals surface area contributed by atoms with Gasteiger partial charge in [-0.1, -0.05) is 10.5 Å². The summed E-state index contributed by atoms with van der Waals surface area (Å²) in [5, 5.41) is 2.80. The fourth-order valence-electron chi connectivity index (χ4n) is 2.13. The molecule has 1 atom stereocenters. The van der Waals surface area contributed by atoms with Crippen LogP contribution >= 0.6 is 0 Å². The van der Waals surface area contributed by atoms with Gasteiger partial charge in [-0.05, 0) is 24.6 Å². The number of carbonyl (C=O) groups excluding carboxylic acids is 1. The van der Waals surface area contributed by atoms with Gasteiger partial charge < -0.3 is 10.1 Å². The zero-order valence-corrected chi connectivity index (χ0v) is 13.4. The predicted molar refractivity (Wildman–Crippen MR) is 79.7 cm³/mol. The number of hydrogen-bond acceptors (Lipinski definition) is 5. The molecule has 8 heteroatoms. The van der Waals surface area contributed by atoms with Crippen molar-refractivity contribution in [3.8, 4) is 0 Å². The van der Waals surface area contributed by atoms with Gasteiger partial charge in [0, 0.05) is 31.7 Å². The molecular weight excluding hydrogens is 308 g/mol. The lowest BCUT2D eigenvalue weighted by Gasteiger charge is -2.15. The molecule has 22 heavy (non-hydrogen) atoms. The van der Waals surface area contributed by atoms with Gasteiger partial charge >= 0.3 is 0 Å². The Balaban J connectivity index is 2.08. The molecule has 0 aromatic heterocycles. The topological polar surface area (TPSA) is 84.9 Å². The van der Waals surface area contributed by atoms with Gasteiger partial charge in [0.1, 0.15) is 0 Å². The number of benzene rings is 1. The minimum absolute atomic E-state index is 0.00806. The minimum Gasteiger partial charge on any atom is -0.381 e. The van der Waals surface area contributed by atoms with Gasteiger partial charge in [0.05, 0.1) is 18.6 Å². The van der Waals surface area contributed by atoms with E-state index < -0.39 is 10.0 Å². The Labute approximate surface area is 130 Å². The van der Waals surface area contributed by atoms with Crippen LogP contribution in [-0.2, 0) is 19.6 Å². The van der Waals surface area contributed by atoms with E-state index in [1.54, 1.807) is 6.07 Å². The van der Waals surface area contributed by atoms with Crippen LogP contribution in [0.2, 0.25) is 0 Å². The average Bonchev–Trinajstić information content (AvgIpc) is 3.05. The molecule has 1 unspecified atom stereocenters. The van der Waals surface area contributed by atoms with Crippen LogP contribution in [0.5, 0.6) is 0 Å². The molecule has 1 fully saturated rings. The van der Waals surface area contributed by atoms with E-state index in [2.05, 4.69) is 5.32 Å². The number of hydrogen-bond donors (Lipinski definition) is 1. The van der Waals surface area contributed by atoms with Crippen molar-refractivity contribution in [3.05, 3.63) is 29.8 Å². The average molecular weight is 328 g/mol. The summed E-state index contributed by atoms with van der Waals surface area (Å²) in [7, 11) is -1.21. The maximum atomic E-state index is 12.2. The zero-order chi connectivity index (χ0) is 16.2. The molecule has 1 aliphatic rings. The highest BCUT2D eigenvalue weighted by Gasteiger charge is 2.22. The van der Waals surface area contributed by atoms with Crippen LogP contribution in [0, 0.1) is 5.92 Å². The number of nitrogens with zero attached hydrogens (tertiary/aromatic N) is 1. The third-order valence-corrected chi connectivity index (χ3v) is 5.24. The Morgan fingerprint density at radius 3 is 2.91 bits per heavy atom. The summed E-state index contributed by atoms with van der Waals surface area (Å²) in [6, 6.07) is 5.87. The molecule has 1 amide bonds. The number of nitrogens with one attached hydrogen (secondary N) is 1. The van der Waals surface area contributed by atoms with Gasteiger partial charge in [0.25, 0.3) is 15.9 Å². The van der Waals surface area contributed by atoms with Gasteiger partial charge in [0.15, 0.2) is 0 Å². The molecule has 2 rings (SSSR count). The molecule has 1 aromatic rings. The summed E-state index contributed by atoms with van der Waals surface area (Å²) in [5.74, 6) is 0.0134. The highest BCUT2D eigenvalue weighted by molar-refractivity contribution is 7.89. The van der Waals surface area contributed by atoms with Crippen molar-refractivity contribution in [2.45, 2.75) is 11.3 Å². The summed E-state index contributed by atoms with van der Waals surface area (Å²) >= 11 is 0. The molecule has 7 nitrogen and oxygen atoms in total. The summed E-state index contributed by atoms with van der Waals surface area (Å²) in [4.78, 5) is 16.9. The maximum absolute atomic E-state index is 12.2. The van der Waals surface area contributed by atoms with E-state index in [4.69, 9.17) is 9.57 Å². The molecule has 0 saturated carbocycles. The second-order valence-corrected chi connectivity index (χ2v) is 7.00. The number of sulfonamides is 1. The SMILES string of the molecule is CON(C)S(=O)(=O)c1cccc(C(=O)NCC2CCOC2)c1. The Bertz CT molecular complexity index is 626. The van der Waals surface area contributed by atoms with Gasteiger partial charge in [-0.2, -0.15) is 0 Å². The van der Waals surface area contributed by atoms with Crippen LogP contribution in [0.4, 0.5) is 0 Å². The third-order valence-electron chi connectivity index (χ3n) is 3.56. The largest absolute Gasteiger partial charge is 0.381 e. The molecule has 1 aromatic carbocycles. The first-order chi connectivity index (χ1) is 10.4. The van der Waals surface area contributed by atoms with Crippen LogP contribution in [-0.4, -0.2) is 52.7 Å². The van der Waals surface area contributed by atoms with Gasteiger partial charge in [-0.15, -0.1) is 0 Å². The molecule has 1 aliphatic heterocycles. The second kappa shape index (κ2) is 7.19. The predicted octanol–water partition coefficient (Wildman–Crippen LogP) is 0.635. The first kappa shape index (κ1) is 16.9. The Morgan fingerprint density at radius 1 is 1.50 bits per heavy atom. The monoisotopic (exact) mass is 328 g/mol. The van der Waals surface area contributed by atoms with Gasteiger partial charge in [0.2, 0.25) is 0 Å². The molecule has 0 spiro atoms. The van der Waals surface area contributed by atoms with E-state index in [1.807, 2.05) is 0 Å². The van der Waals surface area contributed by atoms with E-state index in [9.17, 15) is 13.2 Å². The first-order valence-electron chi connectivity index (χ1n) is 6.94. The zero-order valence-electron chi connectivity index (χ0n) is 12.6. The van der Waals surface area contributed by atoms with Crippen LogP contribution in [0.1, 0.15) is 16.8 Å². The van der Waals surface area contributed by atoms with Crippen molar-refractivity contribution in [2.24, 2.45) is 5.92 Å². The van der Waals surface area contributed by atoms with Crippen LogP contribution in [0.15, 0.2) is 29.2 Å². The summed E-state index contributed by atoms with van der Waals surface area (Å²) in [6.45, 7) is 1.89. The number of ether oxygens (including phenoxy) is 1. The number of amides is 1. The van der Waals surface area contributed by atoms with Crippen molar-refractivity contribution < 1.29 is 22.8 Å². The fraction of sp³-hybridized carbons (Fsp3) is 0.500. The van der Waals surface area contributed by atoms with Crippen molar-refractivity contribution in [1.82, 2.24) is 9.79 Å². The van der Waals surface area contributed by atoms with E-state index in [0.717, 1.165) is 17.5 Å². The molecular formula is C14H20N2O5S. The molecule has 1 saturated heterocycles. The molecule has 0 radical (unpaired) electrons. The fourth-order valence-corrected chi connectivity index (χ4v) is 3.15. The second-order valence-electron chi connectivity index (χ2n) is 5.06. The minimum atomic E-state index is -3.76. The Morgan fingerprint density at radius 2 is 2.27 bits per heavy atom. The quantitative estimate of drug-likeness (QED) is 0.775. The molecule has 1 N–H and O–H groups in total. The van der Waals surface area contributed by atoms with E-state index >= 15 is 0 Å².